The molecule has 0 aliphatic carbocycles. The summed E-state index contributed by atoms with van der Waals surface area (Å²) in [5, 5.41) is 2.86. The first-order valence-corrected chi connectivity index (χ1v) is 12.6. The third kappa shape index (κ3) is 7.37. The summed E-state index contributed by atoms with van der Waals surface area (Å²) in [5.41, 5.74) is 2.25. The summed E-state index contributed by atoms with van der Waals surface area (Å²) in [6.07, 6.45) is 2.87. The molecule has 0 aliphatic heterocycles. The van der Waals surface area contributed by atoms with Gasteiger partial charge in [-0.05, 0) is 38.0 Å². The Morgan fingerprint density at radius 3 is 2.22 bits per heavy atom. The molecule has 0 aromatic heterocycles. The van der Waals surface area contributed by atoms with E-state index >= 15 is 0 Å². The average Bonchev–Trinajstić information content (AvgIpc) is 2.76. The number of rotatable bonds is 11. The summed E-state index contributed by atoms with van der Waals surface area (Å²) in [5.74, 6) is -0.707. The molecule has 174 valence electrons. The van der Waals surface area contributed by atoms with Gasteiger partial charge >= 0.3 is 0 Å². The first-order valence-electron chi connectivity index (χ1n) is 10.8. The minimum absolute atomic E-state index is 0.202. The predicted molar refractivity (Wildman–Crippen MR) is 128 cm³/mol. The number of sulfonamides is 1. The van der Waals surface area contributed by atoms with E-state index in [0.717, 1.165) is 34.5 Å². The second-order valence-electron chi connectivity index (χ2n) is 7.93. The van der Waals surface area contributed by atoms with Crippen molar-refractivity contribution in [2.24, 2.45) is 0 Å². The summed E-state index contributed by atoms with van der Waals surface area (Å²) in [6, 6.07) is 15.5. The van der Waals surface area contributed by atoms with Gasteiger partial charge in [0.25, 0.3) is 0 Å². The van der Waals surface area contributed by atoms with Crippen LogP contribution in [0.3, 0.4) is 0 Å². The van der Waals surface area contributed by atoms with Crippen molar-refractivity contribution in [3.63, 3.8) is 0 Å². The number of amides is 2. The van der Waals surface area contributed by atoms with Gasteiger partial charge in [0.2, 0.25) is 21.8 Å². The fourth-order valence-electron chi connectivity index (χ4n) is 3.22. The summed E-state index contributed by atoms with van der Waals surface area (Å²) in [7, 11) is -3.71. The number of nitrogens with one attached hydrogen (secondary N) is 1. The predicted octanol–water partition coefficient (Wildman–Crippen LogP) is 3.09. The van der Waals surface area contributed by atoms with Crippen LogP contribution in [0, 0.1) is 6.92 Å². The molecule has 0 saturated carbocycles. The van der Waals surface area contributed by atoms with Crippen LogP contribution in [0.25, 0.3) is 0 Å². The van der Waals surface area contributed by atoms with Gasteiger partial charge in [0.05, 0.1) is 11.9 Å². The highest BCUT2D eigenvalue weighted by Crippen LogP contribution is 2.19. The Bertz CT molecular complexity index is 992. The van der Waals surface area contributed by atoms with Crippen molar-refractivity contribution in [3.05, 3.63) is 65.7 Å². The van der Waals surface area contributed by atoms with Gasteiger partial charge in [-0.15, -0.1) is 0 Å². The second kappa shape index (κ2) is 11.7. The van der Waals surface area contributed by atoms with E-state index in [-0.39, 0.29) is 19.0 Å². The Morgan fingerprint density at radius 1 is 1.03 bits per heavy atom. The van der Waals surface area contributed by atoms with E-state index in [2.05, 4.69) is 5.32 Å². The molecule has 0 bridgehead atoms. The fourth-order valence-corrected chi connectivity index (χ4v) is 4.07. The van der Waals surface area contributed by atoms with E-state index in [1.165, 1.54) is 4.90 Å². The summed E-state index contributed by atoms with van der Waals surface area (Å²) < 4.78 is 26.1. The Balaban J connectivity index is 2.30. The number of hydrogen-bond donors (Lipinski definition) is 1. The van der Waals surface area contributed by atoms with Gasteiger partial charge < -0.3 is 10.2 Å². The van der Waals surface area contributed by atoms with Crippen LogP contribution in [0.15, 0.2) is 54.6 Å². The number of unbranched alkanes of at least 4 members (excludes halogenated alkanes) is 1. The van der Waals surface area contributed by atoms with Crippen LogP contribution in [0.4, 0.5) is 5.69 Å². The van der Waals surface area contributed by atoms with E-state index in [1.807, 2.05) is 44.2 Å². The molecule has 2 rings (SSSR count). The van der Waals surface area contributed by atoms with Gasteiger partial charge in [0.1, 0.15) is 12.6 Å². The molecule has 2 aromatic rings. The van der Waals surface area contributed by atoms with Crippen LogP contribution in [0.1, 0.15) is 37.8 Å². The molecule has 8 heteroatoms. The Kier molecular flexibility index (Phi) is 9.26. The summed E-state index contributed by atoms with van der Waals surface area (Å²) in [6.45, 7) is 5.95. The molecule has 2 amide bonds. The second-order valence-corrected chi connectivity index (χ2v) is 9.84. The summed E-state index contributed by atoms with van der Waals surface area (Å²) in [4.78, 5) is 27.5. The maximum absolute atomic E-state index is 13.4. The monoisotopic (exact) mass is 459 g/mol. The van der Waals surface area contributed by atoms with Gasteiger partial charge in [0.15, 0.2) is 0 Å². The number of benzene rings is 2. The lowest BCUT2D eigenvalue weighted by Gasteiger charge is -2.31. The Labute approximate surface area is 191 Å². The third-order valence-corrected chi connectivity index (χ3v) is 6.33. The van der Waals surface area contributed by atoms with Crippen LogP contribution in [-0.2, 0) is 26.2 Å². The number of carbonyl (C=O) groups is 2. The zero-order valence-corrected chi connectivity index (χ0v) is 20.1. The molecular formula is C24H33N3O4S. The van der Waals surface area contributed by atoms with Crippen molar-refractivity contribution >= 4 is 27.5 Å². The van der Waals surface area contributed by atoms with Gasteiger partial charge in [0, 0.05) is 13.1 Å². The zero-order valence-electron chi connectivity index (χ0n) is 19.2. The van der Waals surface area contributed by atoms with E-state index < -0.39 is 22.0 Å². The lowest BCUT2D eigenvalue weighted by atomic mass is 10.1. The lowest BCUT2D eigenvalue weighted by molar-refractivity contribution is -0.139. The molecule has 0 heterocycles. The van der Waals surface area contributed by atoms with E-state index in [0.29, 0.717) is 12.2 Å². The molecule has 0 fully saturated rings. The third-order valence-electron chi connectivity index (χ3n) is 5.19. The first kappa shape index (κ1) is 25.4. The number of nitrogens with zero attached hydrogens (tertiary/aromatic N) is 2. The van der Waals surface area contributed by atoms with Crippen LogP contribution >= 0.6 is 0 Å². The highest BCUT2D eigenvalue weighted by atomic mass is 32.2. The van der Waals surface area contributed by atoms with Gasteiger partial charge in [-0.25, -0.2) is 8.42 Å². The SMILES string of the molecule is CCCCNC(=O)[C@H](C)N(Cc1ccccc1)C(=O)CN(c1ccc(C)cc1)S(C)(=O)=O. The number of anilines is 1. The molecule has 0 unspecified atom stereocenters. The average molecular weight is 460 g/mol. The first-order chi connectivity index (χ1) is 15.1. The van der Waals surface area contributed by atoms with Crippen LogP contribution in [0.2, 0.25) is 0 Å². The molecule has 0 saturated heterocycles. The highest BCUT2D eigenvalue weighted by Gasteiger charge is 2.29. The van der Waals surface area contributed by atoms with Gasteiger partial charge in [-0.1, -0.05) is 61.4 Å². The number of aryl methyl sites for hydroxylation is 1. The normalized spacial score (nSPS) is 12.1. The molecule has 0 radical (unpaired) electrons. The minimum Gasteiger partial charge on any atom is -0.354 e. The van der Waals surface area contributed by atoms with Crippen LogP contribution in [-0.4, -0.2) is 50.5 Å². The van der Waals surface area contributed by atoms with Gasteiger partial charge in [-0.2, -0.15) is 0 Å². The molecule has 7 nitrogen and oxygen atoms in total. The van der Waals surface area contributed by atoms with Crippen molar-refractivity contribution in [1.29, 1.82) is 0 Å². The molecule has 0 aliphatic rings. The lowest BCUT2D eigenvalue weighted by Crippen LogP contribution is -2.51. The number of carbonyl (C=O) groups excluding carboxylic acids is 2. The van der Waals surface area contributed by atoms with Crippen LogP contribution < -0.4 is 9.62 Å². The molecular weight excluding hydrogens is 426 g/mol. The molecule has 0 spiro atoms. The fraction of sp³-hybridized carbons (Fsp3) is 0.417. The Morgan fingerprint density at radius 2 is 1.66 bits per heavy atom. The largest absolute Gasteiger partial charge is 0.354 e. The maximum atomic E-state index is 13.4. The van der Waals surface area contributed by atoms with Crippen molar-refractivity contribution in [3.8, 4) is 0 Å². The minimum atomic E-state index is -3.71. The summed E-state index contributed by atoms with van der Waals surface area (Å²) >= 11 is 0. The van der Waals surface area contributed by atoms with E-state index in [1.54, 1.807) is 31.2 Å². The molecule has 2 aromatic carbocycles. The van der Waals surface area contributed by atoms with Gasteiger partial charge in [-0.3, -0.25) is 13.9 Å². The molecule has 1 atom stereocenters. The standard InChI is InChI=1S/C24H33N3O4S/c1-5-6-16-25-24(29)20(3)26(17-21-10-8-7-9-11-21)23(28)18-27(32(4,30)31)22-14-12-19(2)13-15-22/h7-15,20H,5-6,16-18H2,1-4H3,(H,25,29)/t20-/m0/s1. The smallest absolute Gasteiger partial charge is 0.244 e. The van der Waals surface area contributed by atoms with Crippen molar-refractivity contribution in [2.75, 3.05) is 23.7 Å². The van der Waals surface area contributed by atoms with Crippen molar-refractivity contribution in [2.45, 2.75) is 46.2 Å². The van der Waals surface area contributed by atoms with Crippen LogP contribution in [0.5, 0.6) is 0 Å². The Hall–Kier alpha value is -2.87. The quantitative estimate of drug-likeness (QED) is 0.523. The maximum Gasteiger partial charge on any atom is 0.244 e. The van der Waals surface area contributed by atoms with Crippen molar-refractivity contribution in [1.82, 2.24) is 10.2 Å². The highest BCUT2D eigenvalue weighted by molar-refractivity contribution is 7.92. The van der Waals surface area contributed by atoms with Crippen molar-refractivity contribution < 1.29 is 18.0 Å². The topological polar surface area (TPSA) is 86.8 Å². The van der Waals surface area contributed by atoms with E-state index in [9.17, 15) is 18.0 Å². The molecule has 32 heavy (non-hydrogen) atoms. The number of hydrogen-bond acceptors (Lipinski definition) is 4. The zero-order chi connectivity index (χ0) is 23.7. The molecule has 1 N–H and O–H groups in total. The van der Waals surface area contributed by atoms with E-state index in [4.69, 9.17) is 0 Å².